The second-order valence-corrected chi connectivity index (χ2v) is 5.23. The summed E-state index contributed by atoms with van der Waals surface area (Å²) in [7, 11) is 0. The molecule has 2 aromatic carbocycles. The molecule has 0 aliphatic heterocycles. The molecule has 19 heavy (non-hydrogen) atoms. The van der Waals surface area contributed by atoms with Crippen LogP contribution in [0, 0.1) is 5.82 Å². The fourth-order valence-corrected chi connectivity index (χ4v) is 2.69. The van der Waals surface area contributed by atoms with Crippen LogP contribution in [-0.2, 0) is 6.54 Å². The summed E-state index contributed by atoms with van der Waals surface area (Å²) in [6.07, 6.45) is 1.95. The van der Waals surface area contributed by atoms with E-state index in [2.05, 4.69) is 0 Å². The predicted molar refractivity (Wildman–Crippen MR) is 77.5 cm³/mol. The van der Waals surface area contributed by atoms with Crippen LogP contribution in [0.3, 0.4) is 0 Å². The Morgan fingerprint density at radius 2 is 1.74 bits per heavy atom. The molecule has 0 radical (unpaired) electrons. The maximum atomic E-state index is 12.9. The van der Waals surface area contributed by atoms with E-state index < -0.39 is 0 Å². The Balaban J connectivity index is 2.03. The average molecular weight is 294 g/mol. The maximum Gasteiger partial charge on any atom is 0.123 e. The summed E-state index contributed by atoms with van der Waals surface area (Å²) >= 11 is 12.2. The summed E-state index contributed by atoms with van der Waals surface area (Å²) in [5.41, 5.74) is 2.00. The van der Waals surface area contributed by atoms with E-state index in [1.54, 1.807) is 18.2 Å². The lowest BCUT2D eigenvalue weighted by atomic mass is 10.2. The van der Waals surface area contributed by atoms with E-state index in [0.29, 0.717) is 16.6 Å². The van der Waals surface area contributed by atoms with E-state index in [9.17, 15) is 4.39 Å². The lowest BCUT2D eigenvalue weighted by molar-refractivity contribution is 0.626. The Hall–Kier alpha value is -1.51. The number of aromatic nitrogens is 1. The van der Waals surface area contributed by atoms with Gasteiger partial charge < -0.3 is 4.57 Å². The second kappa shape index (κ2) is 4.87. The van der Waals surface area contributed by atoms with E-state index in [1.807, 2.05) is 22.9 Å². The molecule has 3 aromatic rings. The summed E-state index contributed by atoms with van der Waals surface area (Å²) in [4.78, 5) is 0. The summed E-state index contributed by atoms with van der Waals surface area (Å²) < 4.78 is 14.9. The molecule has 0 saturated carbocycles. The summed E-state index contributed by atoms with van der Waals surface area (Å²) in [5, 5.41) is 2.21. The highest BCUT2D eigenvalue weighted by Crippen LogP contribution is 2.29. The van der Waals surface area contributed by atoms with Crippen LogP contribution in [0.15, 0.2) is 48.7 Å². The average Bonchev–Trinajstić information content (AvgIpc) is 2.76. The van der Waals surface area contributed by atoms with Crippen LogP contribution in [0.4, 0.5) is 4.39 Å². The van der Waals surface area contributed by atoms with Crippen LogP contribution in [-0.4, -0.2) is 4.57 Å². The van der Waals surface area contributed by atoms with E-state index in [-0.39, 0.29) is 5.82 Å². The molecule has 0 aliphatic rings. The van der Waals surface area contributed by atoms with E-state index >= 15 is 0 Å². The molecule has 4 heteroatoms. The lowest BCUT2D eigenvalue weighted by Gasteiger charge is -2.06. The summed E-state index contributed by atoms with van der Waals surface area (Å²) in [6, 6.07) is 12.0. The monoisotopic (exact) mass is 293 g/mol. The van der Waals surface area contributed by atoms with Gasteiger partial charge in [-0.1, -0.05) is 35.3 Å². The molecule has 1 heterocycles. The van der Waals surface area contributed by atoms with Gasteiger partial charge in [0.2, 0.25) is 0 Å². The molecule has 0 N–H and O–H groups in total. The van der Waals surface area contributed by atoms with Gasteiger partial charge in [0, 0.05) is 23.2 Å². The van der Waals surface area contributed by atoms with Crippen molar-refractivity contribution in [1.82, 2.24) is 4.57 Å². The Morgan fingerprint density at radius 1 is 1.00 bits per heavy atom. The van der Waals surface area contributed by atoms with E-state index in [1.165, 1.54) is 12.1 Å². The first-order chi connectivity index (χ1) is 9.13. The number of fused-ring (bicyclic) bond motifs is 1. The molecular weight excluding hydrogens is 284 g/mol. The lowest BCUT2D eigenvalue weighted by Crippen LogP contribution is -1.97. The van der Waals surface area contributed by atoms with Crippen LogP contribution in [0.25, 0.3) is 10.9 Å². The summed E-state index contributed by atoms with van der Waals surface area (Å²) in [6.45, 7) is 0.653. The van der Waals surface area contributed by atoms with Crippen molar-refractivity contribution in [2.75, 3.05) is 0 Å². The second-order valence-electron chi connectivity index (χ2n) is 4.39. The normalized spacial score (nSPS) is 11.1. The molecule has 1 aromatic heterocycles. The number of rotatable bonds is 2. The predicted octanol–water partition coefficient (Wildman–Crippen LogP) is 5.14. The van der Waals surface area contributed by atoms with Crippen LogP contribution in [0.2, 0.25) is 10.0 Å². The molecule has 0 saturated heterocycles. The fourth-order valence-electron chi connectivity index (χ4n) is 2.14. The smallest absolute Gasteiger partial charge is 0.123 e. The topological polar surface area (TPSA) is 4.93 Å². The van der Waals surface area contributed by atoms with Crippen molar-refractivity contribution >= 4 is 34.1 Å². The highest BCUT2D eigenvalue weighted by molar-refractivity contribution is 6.38. The van der Waals surface area contributed by atoms with Gasteiger partial charge in [0.1, 0.15) is 5.82 Å². The minimum Gasteiger partial charge on any atom is -0.343 e. The molecule has 0 atom stereocenters. The Kier molecular flexibility index (Phi) is 3.21. The molecule has 0 amide bonds. The SMILES string of the molecule is Fc1ccc(Cn2ccc3c(Cl)cc(Cl)cc32)cc1. The van der Waals surface area contributed by atoms with Crippen molar-refractivity contribution in [2.45, 2.75) is 6.54 Å². The number of hydrogen-bond acceptors (Lipinski definition) is 0. The van der Waals surface area contributed by atoms with E-state index in [4.69, 9.17) is 23.2 Å². The first-order valence-corrected chi connectivity index (χ1v) is 6.57. The van der Waals surface area contributed by atoms with Crippen LogP contribution in [0.1, 0.15) is 5.56 Å². The van der Waals surface area contributed by atoms with Gasteiger partial charge in [0.05, 0.1) is 10.5 Å². The molecule has 0 bridgehead atoms. The van der Waals surface area contributed by atoms with Crippen molar-refractivity contribution in [3.8, 4) is 0 Å². The number of halogens is 3. The minimum absolute atomic E-state index is 0.229. The molecule has 0 unspecified atom stereocenters. The van der Waals surface area contributed by atoms with Crippen molar-refractivity contribution in [3.63, 3.8) is 0 Å². The van der Waals surface area contributed by atoms with Crippen LogP contribution < -0.4 is 0 Å². The Morgan fingerprint density at radius 3 is 2.47 bits per heavy atom. The third-order valence-corrected chi connectivity index (χ3v) is 3.60. The van der Waals surface area contributed by atoms with Crippen molar-refractivity contribution in [1.29, 1.82) is 0 Å². The van der Waals surface area contributed by atoms with Gasteiger partial charge in [-0.15, -0.1) is 0 Å². The highest BCUT2D eigenvalue weighted by Gasteiger charge is 2.07. The zero-order valence-corrected chi connectivity index (χ0v) is 11.4. The largest absolute Gasteiger partial charge is 0.343 e. The molecule has 0 fully saturated rings. The first kappa shape index (κ1) is 12.5. The maximum absolute atomic E-state index is 12.9. The zero-order valence-electron chi connectivity index (χ0n) is 9.91. The Labute approximate surface area is 120 Å². The van der Waals surface area contributed by atoms with Crippen LogP contribution in [0.5, 0.6) is 0 Å². The van der Waals surface area contributed by atoms with Crippen LogP contribution >= 0.6 is 23.2 Å². The summed E-state index contributed by atoms with van der Waals surface area (Å²) in [5.74, 6) is -0.229. The standard InChI is InChI=1S/C15H10Cl2FN/c16-11-7-14(17)13-5-6-19(15(13)8-11)9-10-1-3-12(18)4-2-10/h1-8H,9H2. The molecule has 96 valence electrons. The molecule has 0 aliphatic carbocycles. The van der Waals surface area contributed by atoms with Gasteiger partial charge in [0.15, 0.2) is 0 Å². The number of hydrogen-bond donors (Lipinski definition) is 0. The van der Waals surface area contributed by atoms with Crippen molar-refractivity contribution in [2.24, 2.45) is 0 Å². The van der Waals surface area contributed by atoms with Gasteiger partial charge in [-0.25, -0.2) is 4.39 Å². The van der Waals surface area contributed by atoms with Gasteiger partial charge in [0.25, 0.3) is 0 Å². The molecule has 0 spiro atoms. The molecule has 3 rings (SSSR count). The van der Waals surface area contributed by atoms with Gasteiger partial charge in [-0.3, -0.25) is 0 Å². The number of benzene rings is 2. The molecular formula is C15H10Cl2FN. The fraction of sp³-hybridized carbons (Fsp3) is 0.0667. The third kappa shape index (κ3) is 2.46. The van der Waals surface area contributed by atoms with Gasteiger partial charge in [-0.2, -0.15) is 0 Å². The van der Waals surface area contributed by atoms with E-state index in [0.717, 1.165) is 16.5 Å². The number of nitrogens with zero attached hydrogens (tertiary/aromatic N) is 1. The molecule has 1 nitrogen and oxygen atoms in total. The minimum atomic E-state index is -0.229. The Bertz CT molecular complexity index is 732. The highest BCUT2D eigenvalue weighted by atomic mass is 35.5. The van der Waals surface area contributed by atoms with Crippen molar-refractivity contribution in [3.05, 3.63) is 70.1 Å². The third-order valence-electron chi connectivity index (χ3n) is 3.07. The zero-order chi connectivity index (χ0) is 13.4. The van der Waals surface area contributed by atoms with Gasteiger partial charge >= 0.3 is 0 Å². The van der Waals surface area contributed by atoms with Gasteiger partial charge in [-0.05, 0) is 35.9 Å². The quantitative estimate of drug-likeness (QED) is 0.617. The first-order valence-electron chi connectivity index (χ1n) is 5.82. The van der Waals surface area contributed by atoms with Crippen molar-refractivity contribution < 1.29 is 4.39 Å².